The van der Waals surface area contributed by atoms with E-state index < -0.39 is 0 Å². The smallest absolute Gasteiger partial charge is 0.0631 e. The second-order valence-corrected chi connectivity index (χ2v) is 4.23. The van der Waals surface area contributed by atoms with Crippen LogP contribution in [0.3, 0.4) is 0 Å². The molecule has 0 spiro atoms. The highest BCUT2D eigenvalue weighted by molar-refractivity contribution is 7.80. The zero-order chi connectivity index (χ0) is 8.72. The predicted molar refractivity (Wildman–Crippen MR) is 58.5 cm³/mol. The molecule has 0 aliphatic heterocycles. The quantitative estimate of drug-likeness (QED) is 0.511. The van der Waals surface area contributed by atoms with Crippen molar-refractivity contribution in [3.8, 4) is 0 Å². The van der Waals surface area contributed by atoms with Crippen LogP contribution in [0.2, 0.25) is 5.02 Å². The highest BCUT2D eigenvalue weighted by Gasteiger charge is 2.06. The number of anilines is 1. The summed E-state index contributed by atoms with van der Waals surface area (Å²) >= 11 is 11.7. The van der Waals surface area contributed by atoms with E-state index in [9.17, 15) is 0 Å². The number of thiol groups is 1. The number of halogens is 1. The van der Waals surface area contributed by atoms with Gasteiger partial charge in [-0.15, -0.1) is 24.0 Å². The Labute approximate surface area is 84.6 Å². The second kappa shape index (κ2) is 2.83. The van der Waals surface area contributed by atoms with Gasteiger partial charge in [0.2, 0.25) is 0 Å². The molecule has 1 aromatic heterocycles. The lowest BCUT2D eigenvalue weighted by Gasteiger charge is -1.99. The summed E-state index contributed by atoms with van der Waals surface area (Å²) < 4.78 is 1.02. The lowest BCUT2D eigenvalue weighted by molar-refractivity contribution is 1.54. The molecule has 2 rings (SSSR count). The van der Waals surface area contributed by atoms with Gasteiger partial charge in [0.25, 0.3) is 0 Å². The molecule has 0 amide bonds. The van der Waals surface area contributed by atoms with Crippen molar-refractivity contribution >= 4 is 51.3 Å². The molecule has 0 unspecified atom stereocenters. The molecule has 0 aliphatic carbocycles. The van der Waals surface area contributed by atoms with Crippen LogP contribution in [0.25, 0.3) is 10.1 Å². The third-order valence-electron chi connectivity index (χ3n) is 1.71. The summed E-state index contributed by atoms with van der Waals surface area (Å²) in [5.41, 5.74) is 6.52. The van der Waals surface area contributed by atoms with Crippen LogP contribution in [-0.2, 0) is 0 Å². The van der Waals surface area contributed by atoms with Crippen molar-refractivity contribution in [2.45, 2.75) is 4.90 Å². The van der Waals surface area contributed by atoms with Gasteiger partial charge < -0.3 is 5.73 Å². The van der Waals surface area contributed by atoms with Crippen LogP contribution in [0.1, 0.15) is 0 Å². The van der Waals surface area contributed by atoms with Crippen LogP contribution >= 0.6 is 35.6 Å². The predicted octanol–water partition coefficient (Wildman–Crippen LogP) is 3.43. The SMILES string of the molecule is Nc1c(S)ccc2c(Cl)csc12. The molecule has 0 aliphatic rings. The molecule has 12 heavy (non-hydrogen) atoms. The topological polar surface area (TPSA) is 26.0 Å². The largest absolute Gasteiger partial charge is 0.397 e. The number of nitrogens with two attached hydrogens (primary N) is 1. The van der Waals surface area contributed by atoms with Crippen molar-refractivity contribution in [3.05, 3.63) is 22.5 Å². The molecular weight excluding hydrogens is 210 g/mol. The molecule has 0 saturated heterocycles. The zero-order valence-electron chi connectivity index (χ0n) is 6.04. The average Bonchev–Trinajstić information content (AvgIpc) is 2.41. The van der Waals surface area contributed by atoms with Crippen LogP contribution < -0.4 is 5.73 Å². The molecule has 1 nitrogen and oxygen atoms in total. The molecule has 0 atom stereocenters. The molecule has 0 saturated carbocycles. The van der Waals surface area contributed by atoms with Gasteiger partial charge in [-0.25, -0.2) is 0 Å². The highest BCUT2D eigenvalue weighted by atomic mass is 35.5. The number of nitrogen functional groups attached to an aromatic ring is 1. The van der Waals surface area contributed by atoms with Crippen LogP contribution in [-0.4, -0.2) is 0 Å². The molecule has 4 heteroatoms. The van der Waals surface area contributed by atoms with E-state index in [-0.39, 0.29) is 0 Å². The summed E-state index contributed by atoms with van der Waals surface area (Å²) in [6.07, 6.45) is 0. The molecule has 0 radical (unpaired) electrons. The Hall–Kier alpha value is -0.380. The summed E-state index contributed by atoms with van der Waals surface area (Å²) in [7, 11) is 0. The van der Waals surface area contributed by atoms with Crippen molar-refractivity contribution in [1.82, 2.24) is 0 Å². The molecule has 1 aromatic carbocycles. The lowest BCUT2D eigenvalue weighted by atomic mass is 10.2. The number of rotatable bonds is 0. The normalized spacial score (nSPS) is 10.8. The van der Waals surface area contributed by atoms with Crippen molar-refractivity contribution < 1.29 is 0 Å². The molecule has 1 heterocycles. The fourth-order valence-electron chi connectivity index (χ4n) is 1.08. The fraction of sp³-hybridized carbons (Fsp3) is 0. The summed E-state index contributed by atoms with van der Waals surface area (Å²) in [5, 5.41) is 3.66. The summed E-state index contributed by atoms with van der Waals surface area (Å²) in [4.78, 5) is 0.806. The maximum atomic E-state index is 5.93. The summed E-state index contributed by atoms with van der Waals surface area (Å²) in [6, 6.07) is 3.80. The van der Waals surface area contributed by atoms with Gasteiger partial charge in [-0.3, -0.25) is 0 Å². The van der Waals surface area contributed by atoms with Crippen LogP contribution in [0, 0.1) is 0 Å². The number of fused-ring (bicyclic) bond motifs is 1. The maximum absolute atomic E-state index is 5.93. The Balaban J connectivity index is 2.93. The molecule has 62 valence electrons. The lowest BCUT2D eigenvalue weighted by Crippen LogP contribution is -1.85. The Morgan fingerprint density at radius 3 is 2.92 bits per heavy atom. The van der Waals surface area contributed by atoms with Gasteiger partial charge in [-0.05, 0) is 6.07 Å². The van der Waals surface area contributed by atoms with Gasteiger partial charge in [0.15, 0.2) is 0 Å². The molecule has 2 aromatic rings. The minimum absolute atomic E-state index is 0.715. The first-order valence-electron chi connectivity index (χ1n) is 3.34. The highest BCUT2D eigenvalue weighted by Crippen LogP contribution is 2.36. The molecule has 2 N–H and O–H groups in total. The second-order valence-electron chi connectivity index (χ2n) is 2.46. The summed E-state index contributed by atoms with van der Waals surface area (Å²) in [5.74, 6) is 0. The van der Waals surface area contributed by atoms with E-state index >= 15 is 0 Å². The van der Waals surface area contributed by atoms with E-state index in [1.54, 1.807) is 11.3 Å². The Morgan fingerprint density at radius 1 is 1.42 bits per heavy atom. The van der Waals surface area contributed by atoms with Crippen LogP contribution in [0.4, 0.5) is 5.69 Å². The van der Waals surface area contributed by atoms with Crippen molar-refractivity contribution in [3.63, 3.8) is 0 Å². The summed E-state index contributed by atoms with van der Waals surface area (Å²) in [6.45, 7) is 0. The van der Waals surface area contributed by atoms with Gasteiger partial charge in [0.05, 0.1) is 15.4 Å². The van der Waals surface area contributed by atoms with E-state index in [0.29, 0.717) is 5.69 Å². The minimum Gasteiger partial charge on any atom is -0.397 e. The number of hydrogen-bond acceptors (Lipinski definition) is 3. The maximum Gasteiger partial charge on any atom is 0.0631 e. The standard InChI is InChI=1S/C8H6ClNS2/c9-5-3-12-8-4(5)1-2-6(11)7(8)10/h1-3,11H,10H2. The van der Waals surface area contributed by atoms with Crippen molar-refractivity contribution in [2.75, 3.05) is 5.73 Å². The first-order valence-corrected chi connectivity index (χ1v) is 5.05. The fourth-order valence-corrected chi connectivity index (χ4v) is 2.58. The Kier molecular flexibility index (Phi) is 1.94. The van der Waals surface area contributed by atoms with Crippen molar-refractivity contribution in [2.24, 2.45) is 0 Å². The Bertz CT molecular complexity index is 436. The molecule has 0 fully saturated rings. The van der Waals surface area contributed by atoms with Crippen LogP contribution in [0.15, 0.2) is 22.4 Å². The first kappa shape index (κ1) is 8.23. The number of benzene rings is 1. The minimum atomic E-state index is 0.715. The van der Waals surface area contributed by atoms with E-state index in [2.05, 4.69) is 12.6 Å². The third kappa shape index (κ3) is 1.09. The van der Waals surface area contributed by atoms with Gasteiger partial charge in [0, 0.05) is 15.7 Å². The zero-order valence-corrected chi connectivity index (χ0v) is 8.51. The first-order chi connectivity index (χ1) is 5.70. The van der Waals surface area contributed by atoms with Gasteiger partial charge in [-0.2, -0.15) is 0 Å². The monoisotopic (exact) mass is 215 g/mol. The average molecular weight is 216 g/mol. The van der Waals surface area contributed by atoms with Gasteiger partial charge >= 0.3 is 0 Å². The van der Waals surface area contributed by atoms with E-state index in [1.165, 1.54) is 0 Å². The Morgan fingerprint density at radius 2 is 2.17 bits per heavy atom. The molecular formula is C8H6ClNS2. The molecule has 0 bridgehead atoms. The van der Waals surface area contributed by atoms with E-state index in [4.69, 9.17) is 17.3 Å². The third-order valence-corrected chi connectivity index (χ3v) is 3.57. The van der Waals surface area contributed by atoms with E-state index in [0.717, 1.165) is 20.0 Å². The number of hydrogen-bond donors (Lipinski definition) is 2. The van der Waals surface area contributed by atoms with Crippen molar-refractivity contribution in [1.29, 1.82) is 0 Å². The van der Waals surface area contributed by atoms with Crippen LogP contribution in [0.5, 0.6) is 0 Å². The van der Waals surface area contributed by atoms with E-state index in [1.807, 2.05) is 17.5 Å². The van der Waals surface area contributed by atoms with Gasteiger partial charge in [0.1, 0.15) is 0 Å². The number of thiophene rings is 1. The van der Waals surface area contributed by atoms with Gasteiger partial charge in [-0.1, -0.05) is 17.7 Å².